The van der Waals surface area contributed by atoms with Gasteiger partial charge in [0.05, 0.1) is 21.7 Å². The summed E-state index contributed by atoms with van der Waals surface area (Å²) in [5, 5.41) is 15.3. The molecule has 0 radical (unpaired) electrons. The van der Waals surface area contributed by atoms with Gasteiger partial charge in [-0.3, -0.25) is 14.9 Å². The van der Waals surface area contributed by atoms with Gasteiger partial charge in [0.25, 0.3) is 11.6 Å². The lowest BCUT2D eigenvalue weighted by Gasteiger charge is -2.03. The summed E-state index contributed by atoms with van der Waals surface area (Å²) >= 11 is 17.6. The van der Waals surface area contributed by atoms with Crippen LogP contribution in [-0.2, 0) is 0 Å². The second-order valence-electron chi connectivity index (χ2n) is 4.29. The predicted molar refractivity (Wildman–Crippen MR) is 89.6 cm³/mol. The van der Waals surface area contributed by atoms with E-state index in [1.807, 2.05) is 0 Å². The number of carbonyl (C=O) groups excluding carboxylic acids is 1. The number of nitro benzene ring substituents is 1. The van der Waals surface area contributed by atoms with E-state index in [4.69, 9.17) is 34.8 Å². The Balaban J connectivity index is 2.14. The molecule has 1 N–H and O–H groups in total. The summed E-state index contributed by atoms with van der Waals surface area (Å²) in [5.74, 6) is -0.551. The zero-order valence-electron chi connectivity index (χ0n) is 11.3. The molecule has 6 nitrogen and oxygen atoms in total. The summed E-state index contributed by atoms with van der Waals surface area (Å²) in [7, 11) is 0. The van der Waals surface area contributed by atoms with Crippen molar-refractivity contribution in [3.63, 3.8) is 0 Å². The first-order chi connectivity index (χ1) is 10.9. The summed E-state index contributed by atoms with van der Waals surface area (Å²) in [6.07, 6.45) is 1.21. The molecule has 0 spiro atoms. The number of amides is 1. The Morgan fingerprint density at radius 1 is 1.13 bits per heavy atom. The molecule has 2 aromatic rings. The number of hydrazone groups is 1. The molecule has 0 aliphatic carbocycles. The standard InChI is InChI=1S/C14H8Cl3N3O3/c15-9-1-3-11(13(17)6-9)14(21)19-18-7-8-5-10(20(22)23)2-4-12(8)16/h1-7H,(H,19,21)/b18-7-. The third-order valence-corrected chi connectivity index (χ3v) is 3.63. The van der Waals surface area contributed by atoms with Crippen LogP contribution in [-0.4, -0.2) is 17.0 Å². The highest BCUT2D eigenvalue weighted by molar-refractivity contribution is 6.36. The normalized spacial score (nSPS) is 10.7. The lowest BCUT2D eigenvalue weighted by Crippen LogP contribution is -2.18. The molecule has 2 aromatic carbocycles. The SMILES string of the molecule is O=C(N/N=C\c1cc([N+](=O)[O-])ccc1Cl)c1ccc(Cl)cc1Cl. The Bertz CT molecular complexity index is 809. The first-order valence-corrected chi connectivity index (χ1v) is 7.24. The first-order valence-electron chi connectivity index (χ1n) is 6.11. The number of rotatable bonds is 4. The van der Waals surface area contributed by atoms with E-state index in [9.17, 15) is 14.9 Å². The van der Waals surface area contributed by atoms with Crippen molar-refractivity contribution >= 4 is 52.6 Å². The molecule has 0 aromatic heterocycles. The fourth-order valence-corrected chi connectivity index (χ4v) is 2.30. The third kappa shape index (κ3) is 4.41. The van der Waals surface area contributed by atoms with Crippen LogP contribution >= 0.6 is 34.8 Å². The van der Waals surface area contributed by atoms with E-state index in [-0.39, 0.29) is 21.3 Å². The Labute approximate surface area is 145 Å². The van der Waals surface area contributed by atoms with Gasteiger partial charge in [-0.15, -0.1) is 0 Å². The number of hydrogen-bond acceptors (Lipinski definition) is 4. The number of nitrogens with zero attached hydrogens (tertiary/aromatic N) is 2. The molecule has 0 aliphatic rings. The minimum absolute atomic E-state index is 0.136. The van der Waals surface area contributed by atoms with Gasteiger partial charge in [0.1, 0.15) is 0 Å². The molecular formula is C14H8Cl3N3O3. The second kappa shape index (κ2) is 7.41. The van der Waals surface area contributed by atoms with Crippen LogP contribution in [0.3, 0.4) is 0 Å². The van der Waals surface area contributed by atoms with Gasteiger partial charge in [0, 0.05) is 27.7 Å². The lowest BCUT2D eigenvalue weighted by molar-refractivity contribution is -0.384. The maximum atomic E-state index is 11.9. The van der Waals surface area contributed by atoms with Crippen LogP contribution < -0.4 is 5.43 Å². The van der Waals surface area contributed by atoms with Gasteiger partial charge in [-0.25, -0.2) is 5.43 Å². The second-order valence-corrected chi connectivity index (χ2v) is 5.54. The lowest BCUT2D eigenvalue weighted by atomic mass is 10.2. The van der Waals surface area contributed by atoms with Crippen molar-refractivity contribution in [3.8, 4) is 0 Å². The van der Waals surface area contributed by atoms with E-state index in [2.05, 4.69) is 10.5 Å². The smallest absolute Gasteiger partial charge is 0.267 e. The molecule has 23 heavy (non-hydrogen) atoms. The van der Waals surface area contributed by atoms with Gasteiger partial charge >= 0.3 is 0 Å². The molecule has 0 bridgehead atoms. The average Bonchev–Trinajstić information content (AvgIpc) is 2.48. The molecule has 0 aliphatic heterocycles. The molecule has 0 saturated carbocycles. The van der Waals surface area contributed by atoms with Crippen molar-refractivity contribution in [1.29, 1.82) is 0 Å². The van der Waals surface area contributed by atoms with Crippen LogP contribution in [0.1, 0.15) is 15.9 Å². The van der Waals surface area contributed by atoms with E-state index >= 15 is 0 Å². The highest BCUT2D eigenvalue weighted by atomic mass is 35.5. The Morgan fingerprint density at radius 2 is 1.87 bits per heavy atom. The zero-order valence-corrected chi connectivity index (χ0v) is 13.6. The Kier molecular flexibility index (Phi) is 5.54. The highest BCUT2D eigenvalue weighted by Gasteiger charge is 2.11. The monoisotopic (exact) mass is 371 g/mol. The molecule has 0 heterocycles. The number of halogens is 3. The van der Waals surface area contributed by atoms with Gasteiger partial charge in [-0.2, -0.15) is 5.10 Å². The molecular weight excluding hydrogens is 365 g/mol. The summed E-state index contributed by atoms with van der Waals surface area (Å²) < 4.78 is 0. The molecule has 0 atom stereocenters. The van der Waals surface area contributed by atoms with Gasteiger partial charge in [-0.1, -0.05) is 34.8 Å². The van der Waals surface area contributed by atoms with Crippen LogP contribution in [0.25, 0.3) is 0 Å². The number of nitrogens with one attached hydrogen (secondary N) is 1. The molecule has 0 saturated heterocycles. The van der Waals surface area contributed by atoms with Crippen molar-refractivity contribution in [2.45, 2.75) is 0 Å². The fraction of sp³-hybridized carbons (Fsp3) is 0. The van der Waals surface area contributed by atoms with Crippen molar-refractivity contribution in [3.05, 3.63) is 72.7 Å². The average molecular weight is 373 g/mol. The predicted octanol–water partition coefficient (Wildman–Crippen LogP) is 4.32. The third-order valence-electron chi connectivity index (χ3n) is 2.74. The number of carbonyl (C=O) groups is 1. The van der Waals surface area contributed by atoms with Gasteiger partial charge in [0.2, 0.25) is 0 Å². The van der Waals surface area contributed by atoms with Crippen LogP contribution in [0, 0.1) is 10.1 Å². The van der Waals surface area contributed by atoms with Crippen molar-refractivity contribution in [2.75, 3.05) is 0 Å². The molecule has 0 fully saturated rings. The molecule has 2 rings (SSSR count). The zero-order chi connectivity index (χ0) is 17.0. The maximum Gasteiger partial charge on any atom is 0.272 e. The molecule has 0 unspecified atom stereocenters. The summed E-state index contributed by atoms with van der Waals surface area (Å²) in [6, 6.07) is 8.29. The van der Waals surface area contributed by atoms with E-state index < -0.39 is 10.8 Å². The number of nitro groups is 1. The topological polar surface area (TPSA) is 84.6 Å². The molecule has 118 valence electrons. The number of benzene rings is 2. The molecule has 9 heteroatoms. The van der Waals surface area contributed by atoms with Crippen LogP contribution in [0.5, 0.6) is 0 Å². The minimum Gasteiger partial charge on any atom is -0.267 e. The molecule has 1 amide bonds. The number of non-ortho nitro benzene ring substituents is 1. The van der Waals surface area contributed by atoms with Crippen molar-refractivity contribution in [2.24, 2.45) is 5.10 Å². The fourth-order valence-electron chi connectivity index (χ4n) is 1.64. The quantitative estimate of drug-likeness (QED) is 0.493. The largest absolute Gasteiger partial charge is 0.272 e. The van der Waals surface area contributed by atoms with Gasteiger partial charge < -0.3 is 0 Å². The Morgan fingerprint density at radius 3 is 2.52 bits per heavy atom. The van der Waals surface area contributed by atoms with Gasteiger partial charge in [-0.05, 0) is 24.3 Å². The van der Waals surface area contributed by atoms with E-state index in [0.717, 1.165) is 0 Å². The van der Waals surface area contributed by atoms with Crippen molar-refractivity contribution in [1.82, 2.24) is 5.43 Å². The number of hydrogen-bond donors (Lipinski definition) is 1. The van der Waals surface area contributed by atoms with Crippen molar-refractivity contribution < 1.29 is 9.72 Å². The van der Waals surface area contributed by atoms with Crippen LogP contribution in [0.2, 0.25) is 15.1 Å². The maximum absolute atomic E-state index is 11.9. The summed E-state index contributed by atoms with van der Waals surface area (Å²) in [5.41, 5.74) is 2.61. The highest BCUT2D eigenvalue weighted by Crippen LogP contribution is 2.21. The van der Waals surface area contributed by atoms with E-state index in [0.29, 0.717) is 10.6 Å². The summed E-state index contributed by atoms with van der Waals surface area (Å²) in [4.78, 5) is 22.1. The minimum atomic E-state index is -0.556. The summed E-state index contributed by atoms with van der Waals surface area (Å²) in [6.45, 7) is 0. The van der Waals surface area contributed by atoms with Gasteiger partial charge in [0.15, 0.2) is 0 Å². The van der Waals surface area contributed by atoms with E-state index in [1.54, 1.807) is 0 Å². The Hall–Kier alpha value is -2.15. The van der Waals surface area contributed by atoms with Crippen LogP contribution in [0.15, 0.2) is 41.5 Å². The van der Waals surface area contributed by atoms with Crippen LogP contribution in [0.4, 0.5) is 5.69 Å². The van der Waals surface area contributed by atoms with E-state index in [1.165, 1.54) is 42.6 Å². The first kappa shape index (κ1) is 17.2.